The maximum Gasteiger partial charge on any atom is 0.122 e. The minimum Gasteiger partial charge on any atom is -0.496 e. The molecule has 0 N–H and O–H groups in total. The van der Waals surface area contributed by atoms with E-state index in [9.17, 15) is 0 Å². The van der Waals surface area contributed by atoms with Crippen molar-refractivity contribution in [2.75, 3.05) is 13.0 Å². The second-order valence-corrected chi connectivity index (χ2v) is 5.54. The molecule has 2 rings (SSSR count). The molecule has 1 nitrogen and oxygen atoms in total. The Morgan fingerprint density at radius 3 is 2.45 bits per heavy atom. The molecule has 2 heteroatoms. The summed E-state index contributed by atoms with van der Waals surface area (Å²) in [5.41, 5.74) is 3.84. The van der Waals surface area contributed by atoms with Crippen LogP contribution >= 0.6 is 11.6 Å². The number of rotatable bonds is 6. The molecule has 0 radical (unpaired) electrons. The highest BCUT2D eigenvalue weighted by atomic mass is 35.5. The maximum absolute atomic E-state index is 6.16. The van der Waals surface area contributed by atoms with E-state index >= 15 is 0 Å². The number of alkyl halides is 1. The lowest BCUT2D eigenvalue weighted by molar-refractivity contribution is 0.405. The zero-order chi connectivity index (χ0) is 14.4. The van der Waals surface area contributed by atoms with Gasteiger partial charge in [-0.3, -0.25) is 0 Å². The molecule has 106 valence electrons. The molecule has 0 amide bonds. The third-order valence-electron chi connectivity index (χ3n) is 3.53. The summed E-state index contributed by atoms with van der Waals surface area (Å²) in [4.78, 5) is 0. The van der Waals surface area contributed by atoms with Crippen LogP contribution in [0.1, 0.15) is 16.7 Å². The standard InChI is InChI=1S/C18H21ClO/c1-14-8-9-18(20-2)17(10-14)12-16(13-19)11-15-6-4-3-5-7-15/h3-10,16H,11-13H2,1-2H3. The Bertz CT molecular complexity index is 536. The topological polar surface area (TPSA) is 9.23 Å². The van der Waals surface area contributed by atoms with E-state index in [1.165, 1.54) is 16.7 Å². The first-order valence-corrected chi connectivity index (χ1v) is 7.49. The molecule has 0 saturated heterocycles. The molecule has 0 bridgehead atoms. The predicted octanol–water partition coefficient (Wildman–Crippen LogP) is 4.64. The lowest BCUT2D eigenvalue weighted by Crippen LogP contribution is -2.11. The smallest absolute Gasteiger partial charge is 0.122 e. The molecule has 0 spiro atoms. The fourth-order valence-electron chi connectivity index (χ4n) is 2.51. The number of hydrogen-bond acceptors (Lipinski definition) is 1. The molecule has 0 aromatic heterocycles. The summed E-state index contributed by atoms with van der Waals surface area (Å²) >= 11 is 6.16. The van der Waals surface area contributed by atoms with E-state index in [1.807, 2.05) is 12.1 Å². The fourth-order valence-corrected chi connectivity index (χ4v) is 2.72. The van der Waals surface area contributed by atoms with Gasteiger partial charge >= 0.3 is 0 Å². The Labute approximate surface area is 126 Å². The average Bonchev–Trinajstić information content (AvgIpc) is 2.48. The van der Waals surface area contributed by atoms with Gasteiger partial charge in [-0.2, -0.15) is 0 Å². The van der Waals surface area contributed by atoms with Crippen molar-refractivity contribution in [1.29, 1.82) is 0 Å². The highest BCUT2D eigenvalue weighted by Crippen LogP contribution is 2.25. The Balaban J connectivity index is 2.12. The summed E-state index contributed by atoms with van der Waals surface area (Å²) in [5, 5.41) is 0. The van der Waals surface area contributed by atoms with E-state index < -0.39 is 0 Å². The van der Waals surface area contributed by atoms with Gasteiger partial charge in [0.15, 0.2) is 0 Å². The SMILES string of the molecule is COc1ccc(C)cc1CC(CCl)Cc1ccccc1. The van der Waals surface area contributed by atoms with Gasteiger partial charge in [0.1, 0.15) is 5.75 Å². The number of methoxy groups -OCH3 is 1. The van der Waals surface area contributed by atoms with E-state index in [2.05, 4.69) is 43.3 Å². The van der Waals surface area contributed by atoms with E-state index in [0.717, 1.165) is 18.6 Å². The molecule has 2 aromatic carbocycles. The van der Waals surface area contributed by atoms with Gasteiger partial charge in [-0.15, -0.1) is 11.6 Å². The Morgan fingerprint density at radius 1 is 1.05 bits per heavy atom. The Morgan fingerprint density at radius 2 is 1.80 bits per heavy atom. The monoisotopic (exact) mass is 288 g/mol. The average molecular weight is 289 g/mol. The Hall–Kier alpha value is -1.47. The van der Waals surface area contributed by atoms with Crippen molar-refractivity contribution in [3.05, 3.63) is 65.2 Å². The van der Waals surface area contributed by atoms with E-state index in [1.54, 1.807) is 7.11 Å². The van der Waals surface area contributed by atoms with Crippen LogP contribution in [0.2, 0.25) is 0 Å². The Kier molecular flexibility index (Phi) is 5.49. The number of ether oxygens (including phenoxy) is 1. The van der Waals surface area contributed by atoms with Gasteiger partial charge in [0.05, 0.1) is 7.11 Å². The highest BCUT2D eigenvalue weighted by molar-refractivity contribution is 6.18. The van der Waals surface area contributed by atoms with Crippen molar-refractivity contribution in [2.45, 2.75) is 19.8 Å². The van der Waals surface area contributed by atoms with Crippen LogP contribution in [0.3, 0.4) is 0 Å². The second kappa shape index (κ2) is 7.35. The van der Waals surface area contributed by atoms with Gasteiger partial charge in [0.25, 0.3) is 0 Å². The third kappa shape index (κ3) is 4.01. The van der Waals surface area contributed by atoms with Crippen LogP contribution in [-0.2, 0) is 12.8 Å². The normalized spacial score (nSPS) is 12.2. The zero-order valence-corrected chi connectivity index (χ0v) is 12.9. The van der Waals surface area contributed by atoms with Gasteiger partial charge in [-0.05, 0) is 42.9 Å². The minimum atomic E-state index is 0.426. The molecule has 0 aliphatic rings. The van der Waals surface area contributed by atoms with Crippen LogP contribution in [-0.4, -0.2) is 13.0 Å². The molecular weight excluding hydrogens is 268 g/mol. The first-order chi connectivity index (χ1) is 9.72. The second-order valence-electron chi connectivity index (χ2n) is 5.23. The summed E-state index contributed by atoms with van der Waals surface area (Å²) < 4.78 is 5.45. The third-order valence-corrected chi connectivity index (χ3v) is 3.97. The van der Waals surface area contributed by atoms with E-state index in [4.69, 9.17) is 16.3 Å². The molecule has 1 atom stereocenters. The molecule has 0 fully saturated rings. The lowest BCUT2D eigenvalue weighted by Gasteiger charge is -2.16. The molecule has 0 saturated carbocycles. The summed E-state index contributed by atoms with van der Waals surface area (Å²) in [6.45, 7) is 2.11. The number of halogens is 1. The van der Waals surface area contributed by atoms with Gasteiger partial charge in [-0.25, -0.2) is 0 Å². The van der Waals surface area contributed by atoms with Crippen LogP contribution in [0.5, 0.6) is 5.75 Å². The predicted molar refractivity (Wildman–Crippen MR) is 85.8 cm³/mol. The van der Waals surface area contributed by atoms with Crippen molar-refractivity contribution in [3.63, 3.8) is 0 Å². The molecule has 0 aliphatic heterocycles. The number of aryl methyl sites for hydroxylation is 1. The highest BCUT2D eigenvalue weighted by Gasteiger charge is 2.13. The van der Waals surface area contributed by atoms with Crippen molar-refractivity contribution >= 4 is 11.6 Å². The summed E-state index contributed by atoms with van der Waals surface area (Å²) in [6.07, 6.45) is 1.95. The first kappa shape index (κ1) is 14.9. The molecule has 2 aromatic rings. The zero-order valence-electron chi connectivity index (χ0n) is 12.1. The van der Waals surface area contributed by atoms with Gasteiger partial charge < -0.3 is 4.74 Å². The van der Waals surface area contributed by atoms with Crippen molar-refractivity contribution in [3.8, 4) is 5.75 Å². The van der Waals surface area contributed by atoms with Crippen molar-refractivity contribution in [1.82, 2.24) is 0 Å². The molecule has 0 aliphatic carbocycles. The van der Waals surface area contributed by atoms with Gasteiger partial charge in [0, 0.05) is 5.88 Å². The van der Waals surface area contributed by atoms with E-state index in [0.29, 0.717) is 11.8 Å². The van der Waals surface area contributed by atoms with E-state index in [-0.39, 0.29) is 0 Å². The quantitative estimate of drug-likeness (QED) is 0.704. The molecule has 0 heterocycles. The van der Waals surface area contributed by atoms with Crippen LogP contribution in [0.4, 0.5) is 0 Å². The van der Waals surface area contributed by atoms with Gasteiger partial charge in [0.2, 0.25) is 0 Å². The summed E-state index contributed by atoms with van der Waals surface area (Å²) in [6, 6.07) is 16.8. The van der Waals surface area contributed by atoms with Gasteiger partial charge in [-0.1, -0.05) is 48.0 Å². The largest absolute Gasteiger partial charge is 0.496 e. The minimum absolute atomic E-state index is 0.426. The van der Waals surface area contributed by atoms with Crippen LogP contribution in [0.25, 0.3) is 0 Å². The number of benzene rings is 2. The van der Waals surface area contributed by atoms with Crippen molar-refractivity contribution < 1.29 is 4.74 Å². The summed E-state index contributed by atoms with van der Waals surface area (Å²) in [5.74, 6) is 2.04. The van der Waals surface area contributed by atoms with Crippen molar-refractivity contribution in [2.24, 2.45) is 5.92 Å². The fraction of sp³-hybridized carbons (Fsp3) is 0.333. The first-order valence-electron chi connectivity index (χ1n) is 6.96. The number of hydrogen-bond donors (Lipinski definition) is 0. The van der Waals surface area contributed by atoms with Crippen LogP contribution in [0, 0.1) is 12.8 Å². The molecular formula is C18H21ClO. The molecule has 1 unspecified atom stereocenters. The summed E-state index contributed by atoms with van der Waals surface area (Å²) in [7, 11) is 1.72. The lowest BCUT2D eigenvalue weighted by atomic mass is 9.93. The molecule has 20 heavy (non-hydrogen) atoms. The van der Waals surface area contributed by atoms with Crippen LogP contribution < -0.4 is 4.74 Å². The maximum atomic E-state index is 6.16. The van der Waals surface area contributed by atoms with Crippen LogP contribution in [0.15, 0.2) is 48.5 Å².